The van der Waals surface area contributed by atoms with E-state index in [1.807, 2.05) is 13.0 Å². The summed E-state index contributed by atoms with van der Waals surface area (Å²) in [5, 5.41) is 2.70. The zero-order chi connectivity index (χ0) is 23.1. The summed E-state index contributed by atoms with van der Waals surface area (Å²) in [4.78, 5) is 41.2. The number of methoxy groups -OCH3 is 2. The number of hydrogen-bond acceptors (Lipinski definition) is 6. The van der Waals surface area contributed by atoms with Gasteiger partial charge in [-0.3, -0.25) is 9.59 Å². The number of benzene rings is 2. The number of aromatic nitrogens is 1. The van der Waals surface area contributed by atoms with Crippen LogP contribution in [0.3, 0.4) is 0 Å². The van der Waals surface area contributed by atoms with Crippen molar-refractivity contribution in [3.8, 4) is 5.75 Å². The van der Waals surface area contributed by atoms with Crippen molar-refractivity contribution in [2.75, 3.05) is 19.5 Å². The first-order valence-corrected chi connectivity index (χ1v) is 10.0. The number of carbonyl (C=O) groups excluding carboxylic acids is 3. The highest BCUT2D eigenvalue weighted by atomic mass is 16.5. The monoisotopic (exact) mass is 432 g/mol. The van der Waals surface area contributed by atoms with Gasteiger partial charge in [0.15, 0.2) is 5.78 Å². The predicted molar refractivity (Wildman–Crippen MR) is 120 cm³/mol. The smallest absolute Gasteiger partial charge is 0.356 e. The minimum absolute atomic E-state index is 0.143. The predicted octanol–water partition coefficient (Wildman–Crippen LogP) is 3.96. The number of anilines is 1. The second-order valence-electron chi connectivity index (χ2n) is 7.16. The zero-order valence-electron chi connectivity index (χ0n) is 18.1. The van der Waals surface area contributed by atoms with Crippen molar-refractivity contribution in [2.45, 2.75) is 19.3 Å². The second kappa shape index (κ2) is 10.3. The van der Waals surface area contributed by atoms with Gasteiger partial charge in [-0.15, -0.1) is 0 Å². The number of pyridine rings is 1. The number of aryl methyl sites for hydroxylation is 1. The number of ketones is 1. The van der Waals surface area contributed by atoms with Crippen molar-refractivity contribution in [1.82, 2.24) is 4.98 Å². The summed E-state index contributed by atoms with van der Waals surface area (Å²) in [7, 11) is 2.84. The summed E-state index contributed by atoms with van der Waals surface area (Å²) < 4.78 is 10.2. The molecule has 1 N–H and O–H groups in total. The van der Waals surface area contributed by atoms with E-state index in [2.05, 4.69) is 10.3 Å². The van der Waals surface area contributed by atoms with Gasteiger partial charge in [-0.05, 0) is 42.3 Å². The van der Waals surface area contributed by atoms with E-state index in [0.717, 1.165) is 5.56 Å². The average molecular weight is 432 g/mol. The fourth-order valence-corrected chi connectivity index (χ4v) is 3.57. The largest absolute Gasteiger partial charge is 0.496 e. The van der Waals surface area contributed by atoms with Crippen LogP contribution in [0.15, 0.2) is 60.7 Å². The summed E-state index contributed by atoms with van der Waals surface area (Å²) in [5.41, 5.74) is 3.15. The Morgan fingerprint density at radius 3 is 2.47 bits per heavy atom. The Labute approximate surface area is 186 Å². The summed E-state index contributed by atoms with van der Waals surface area (Å²) in [6, 6.07) is 17.4. The van der Waals surface area contributed by atoms with Gasteiger partial charge >= 0.3 is 5.97 Å². The van der Waals surface area contributed by atoms with Crippen LogP contribution in [0, 0.1) is 6.92 Å². The van der Waals surface area contributed by atoms with Crippen molar-refractivity contribution >= 4 is 23.9 Å². The third-order valence-corrected chi connectivity index (χ3v) is 5.15. The quantitative estimate of drug-likeness (QED) is 0.312. The summed E-state index contributed by atoms with van der Waals surface area (Å²) in [6.07, 6.45) is 0.781. The second-order valence-corrected chi connectivity index (χ2v) is 7.16. The first kappa shape index (κ1) is 22.7. The number of nitrogens with zero attached hydrogens (tertiary/aromatic N) is 1. The topological polar surface area (TPSA) is 94.6 Å². The molecule has 0 saturated carbocycles. The SMILES string of the molecule is COC(=O)c1cccc(CC(C(=O)c2ccccc2)c2cc(OC)c(C)cc2NC=O)n1. The molecule has 0 aliphatic heterocycles. The normalized spacial score (nSPS) is 11.3. The van der Waals surface area contributed by atoms with Crippen molar-refractivity contribution in [3.05, 3.63) is 88.7 Å². The van der Waals surface area contributed by atoms with Gasteiger partial charge in [0.2, 0.25) is 6.41 Å². The van der Waals surface area contributed by atoms with E-state index in [1.54, 1.807) is 61.7 Å². The number of hydrogen-bond donors (Lipinski definition) is 1. The van der Waals surface area contributed by atoms with Gasteiger partial charge in [-0.1, -0.05) is 36.4 Å². The van der Waals surface area contributed by atoms with E-state index in [9.17, 15) is 14.4 Å². The van der Waals surface area contributed by atoms with Crippen LogP contribution in [-0.2, 0) is 16.0 Å². The molecule has 1 aromatic heterocycles. The van der Waals surface area contributed by atoms with Gasteiger partial charge in [0.05, 0.1) is 20.1 Å². The molecule has 0 saturated heterocycles. The fraction of sp³-hybridized carbons (Fsp3) is 0.200. The number of esters is 1. The Morgan fingerprint density at radius 1 is 1.06 bits per heavy atom. The molecule has 0 spiro atoms. The van der Waals surface area contributed by atoms with Crippen LogP contribution in [0.4, 0.5) is 5.69 Å². The van der Waals surface area contributed by atoms with E-state index in [-0.39, 0.29) is 17.9 Å². The number of amides is 1. The van der Waals surface area contributed by atoms with E-state index >= 15 is 0 Å². The summed E-state index contributed by atoms with van der Waals surface area (Å²) in [5.74, 6) is -0.790. The number of Topliss-reactive ketones (excluding diaryl/α,β-unsaturated/α-hetero) is 1. The summed E-state index contributed by atoms with van der Waals surface area (Å²) in [6.45, 7) is 1.86. The molecule has 0 fully saturated rings. The third kappa shape index (κ3) is 5.00. The molecule has 0 aliphatic rings. The Hall–Kier alpha value is -4.00. The van der Waals surface area contributed by atoms with Gasteiger partial charge in [0.25, 0.3) is 0 Å². The van der Waals surface area contributed by atoms with Crippen LogP contribution < -0.4 is 10.1 Å². The molecule has 32 heavy (non-hydrogen) atoms. The fourth-order valence-electron chi connectivity index (χ4n) is 3.57. The highest BCUT2D eigenvalue weighted by molar-refractivity contribution is 6.02. The highest BCUT2D eigenvalue weighted by Gasteiger charge is 2.27. The molecule has 3 rings (SSSR count). The Bertz CT molecular complexity index is 1130. The molecular formula is C25H24N2O5. The molecule has 7 nitrogen and oxygen atoms in total. The van der Waals surface area contributed by atoms with Crippen molar-refractivity contribution < 1.29 is 23.9 Å². The maximum atomic E-state index is 13.6. The Morgan fingerprint density at radius 2 is 1.81 bits per heavy atom. The third-order valence-electron chi connectivity index (χ3n) is 5.15. The number of carbonyl (C=O) groups is 3. The number of ether oxygens (including phenoxy) is 2. The van der Waals surface area contributed by atoms with E-state index in [1.165, 1.54) is 7.11 Å². The maximum Gasteiger partial charge on any atom is 0.356 e. The Balaban J connectivity index is 2.13. The molecule has 1 unspecified atom stereocenters. The minimum Gasteiger partial charge on any atom is -0.496 e. The average Bonchev–Trinajstić information content (AvgIpc) is 2.83. The van der Waals surface area contributed by atoms with Crippen LogP contribution in [0.25, 0.3) is 0 Å². The van der Waals surface area contributed by atoms with Gasteiger partial charge in [0, 0.05) is 23.4 Å². The lowest BCUT2D eigenvalue weighted by Gasteiger charge is -2.21. The lowest BCUT2D eigenvalue weighted by atomic mass is 9.85. The van der Waals surface area contributed by atoms with Crippen LogP contribution in [0.2, 0.25) is 0 Å². The lowest BCUT2D eigenvalue weighted by Crippen LogP contribution is -2.19. The number of nitrogens with one attached hydrogen (secondary N) is 1. The van der Waals surface area contributed by atoms with Crippen LogP contribution in [0.5, 0.6) is 5.75 Å². The van der Waals surface area contributed by atoms with E-state index < -0.39 is 11.9 Å². The standard InChI is InChI=1S/C25H24N2O5/c1-16-12-22(26-15-28)19(14-23(16)31-2)20(24(29)17-8-5-4-6-9-17)13-18-10-7-11-21(27-18)25(30)32-3/h4-12,14-15,20H,13H2,1-3H3,(H,26,28). The highest BCUT2D eigenvalue weighted by Crippen LogP contribution is 2.35. The van der Waals surface area contributed by atoms with E-state index in [0.29, 0.717) is 34.7 Å². The first-order valence-electron chi connectivity index (χ1n) is 10.0. The van der Waals surface area contributed by atoms with Crippen LogP contribution in [-0.4, -0.2) is 37.4 Å². The van der Waals surface area contributed by atoms with Crippen molar-refractivity contribution in [1.29, 1.82) is 0 Å². The van der Waals surface area contributed by atoms with Crippen LogP contribution in [0.1, 0.15) is 43.6 Å². The van der Waals surface area contributed by atoms with Crippen molar-refractivity contribution in [3.63, 3.8) is 0 Å². The molecule has 1 amide bonds. The number of rotatable bonds is 9. The maximum absolute atomic E-state index is 13.6. The minimum atomic E-state index is -0.685. The Kier molecular flexibility index (Phi) is 7.33. The lowest BCUT2D eigenvalue weighted by molar-refractivity contribution is -0.105. The zero-order valence-corrected chi connectivity index (χ0v) is 18.1. The van der Waals surface area contributed by atoms with Crippen LogP contribution >= 0.6 is 0 Å². The molecule has 0 bridgehead atoms. The molecule has 0 radical (unpaired) electrons. The molecule has 2 aromatic carbocycles. The van der Waals surface area contributed by atoms with E-state index in [4.69, 9.17) is 9.47 Å². The molecule has 164 valence electrons. The van der Waals surface area contributed by atoms with Gasteiger partial charge in [-0.2, -0.15) is 0 Å². The molecule has 7 heteroatoms. The van der Waals surface area contributed by atoms with Crippen molar-refractivity contribution in [2.24, 2.45) is 0 Å². The molecule has 0 aliphatic carbocycles. The first-order chi connectivity index (χ1) is 15.5. The molecule has 3 aromatic rings. The molecular weight excluding hydrogens is 408 g/mol. The molecule has 1 atom stereocenters. The summed E-state index contributed by atoms with van der Waals surface area (Å²) >= 11 is 0. The van der Waals surface area contributed by atoms with Gasteiger partial charge in [-0.25, -0.2) is 9.78 Å². The molecule has 1 heterocycles. The van der Waals surface area contributed by atoms with Gasteiger partial charge < -0.3 is 14.8 Å². The van der Waals surface area contributed by atoms with Gasteiger partial charge in [0.1, 0.15) is 11.4 Å².